The largest absolute Gasteiger partial charge is 0.480 e. The van der Waals surface area contributed by atoms with E-state index in [1.165, 1.54) is 0 Å². The van der Waals surface area contributed by atoms with Crippen LogP contribution >= 0.6 is 0 Å². The third-order valence-electron chi connectivity index (χ3n) is 2.22. The molecular formula is C11H18N2O3. The van der Waals surface area contributed by atoms with E-state index in [1.807, 2.05) is 13.8 Å². The van der Waals surface area contributed by atoms with E-state index < -0.39 is 12.0 Å². The highest BCUT2D eigenvalue weighted by Gasteiger charge is 2.24. The summed E-state index contributed by atoms with van der Waals surface area (Å²) in [7, 11) is 0. The maximum absolute atomic E-state index is 11.6. The predicted molar refractivity (Wildman–Crippen MR) is 60.8 cm³/mol. The van der Waals surface area contributed by atoms with Gasteiger partial charge in [-0.3, -0.25) is 14.5 Å². The standard InChI is InChI=1S/C11H18N2O3/c1-5-6-12-11(16)9(4)13(8(2)3)7-10(14)15/h1,8-9H,6-7H2,2-4H3,(H,12,16)(H,14,15). The number of hydrogen-bond acceptors (Lipinski definition) is 3. The molecule has 0 rings (SSSR count). The molecule has 0 aromatic heterocycles. The maximum Gasteiger partial charge on any atom is 0.317 e. The number of carbonyl (C=O) groups is 2. The molecule has 0 saturated carbocycles. The highest BCUT2D eigenvalue weighted by molar-refractivity contribution is 5.82. The van der Waals surface area contributed by atoms with Crippen LogP contribution in [0.5, 0.6) is 0 Å². The van der Waals surface area contributed by atoms with Crippen LogP contribution < -0.4 is 5.32 Å². The summed E-state index contributed by atoms with van der Waals surface area (Å²) in [4.78, 5) is 23.8. The van der Waals surface area contributed by atoms with Gasteiger partial charge in [0.25, 0.3) is 0 Å². The lowest BCUT2D eigenvalue weighted by Crippen LogP contribution is -2.50. The minimum atomic E-state index is -0.953. The fraction of sp³-hybridized carbons (Fsp3) is 0.636. The Hall–Kier alpha value is -1.54. The van der Waals surface area contributed by atoms with Gasteiger partial charge in [-0.25, -0.2) is 0 Å². The first-order chi connectivity index (χ1) is 7.40. The van der Waals surface area contributed by atoms with Crippen molar-refractivity contribution in [3.63, 3.8) is 0 Å². The summed E-state index contributed by atoms with van der Waals surface area (Å²) in [5.41, 5.74) is 0. The molecule has 0 aliphatic heterocycles. The van der Waals surface area contributed by atoms with Crippen molar-refractivity contribution in [3.05, 3.63) is 0 Å². The lowest BCUT2D eigenvalue weighted by Gasteiger charge is -2.29. The third-order valence-corrected chi connectivity index (χ3v) is 2.22. The lowest BCUT2D eigenvalue weighted by atomic mass is 10.2. The van der Waals surface area contributed by atoms with Gasteiger partial charge in [0, 0.05) is 6.04 Å². The molecule has 0 aromatic rings. The molecule has 0 aliphatic rings. The Labute approximate surface area is 95.8 Å². The molecule has 0 heterocycles. The molecular weight excluding hydrogens is 208 g/mol. The van der Waals surface area contributed by atoms with Crippen molar-refractivity contribution in [1.29, 1.82) is 0 Å². The average molecular weight is 226 g/mol. The van der Waals surface area contributed by atoms with Crippen molar-refractivity contribution in [2.75, 3.05) is 13.1 Å². The Bertz CT molecular complexity index is 294. The number of nitrogens with zero attached hydrogens (tertiary/aromatic N) is 1. The van der Waals surface area contributed by atoms with Gasteiger partial charge in [0.05, 0.1) is 19.1 Å². The number of terminal acetylenes is 1. The smallest absolute Gasteiger partial charge is 0.317 e. The first-order valence-corrected chi connectivity index (χ1v) is 5.08. The molecule has 1 amide bonds. The van der Waals surface area contributed by atoms with E-state index in [0.717, 1.165) is 0 Å². The van der Waals surface area contributed by atoms with Gasteiger partial charge in [-0.2, -0.15) is 0 Å². The summed E-state index contributed by atoms with van der Waals surface area (Å²) < 4.78 is 0. The molecule has 0 radical (unpaired) electrons. The summed E-state index contributed by atoms with van der Waals surface area (Å²) in [6, 6.07) is -0.535. The minimum Gasteiger partial charge on any atom is -0.480 e. The van der Waals surface area contributed by atoms with E-state index in [-0.39, 0.29) is 25.0 Å². The number of nitrogens with one attached hydrogen (secondary N) is 1. The van der Waals surface area contributed by atoms with Gasteiger partial charge in [-0.05, 0) is 20.8 Å². The molecule has 1 unspecified atom stereocenters. The number of rotatable bonds is 6. The topological polar surface area (TPSA) is 69.6 Å². The van der Waals surface area contributed by atoms with Crippen LogP contribution in [-0.4, -0.2) is 47.1 Å². The second kappa shape index (κ2) is 6.85. The zero-order valence-electron chi connectivity index (χ0n) is 9.86. The van der Waals surface area contributed by atoms with Crippen LogP contribution in [0.2, 0.25) is 0 Å². The molecule has 1 atom stereocenters. The van der Waals surface area contributed by atoms with Crippen LogP contribution in [0.15, 0.2) is 0 Å². The quantitative estimate of drug-likeness (QED) is 0.621. The molecule has 0 spiro atoms. The van der Waals surface area contributed by atoms with E-state index in [1.54, 1.807) is 11.8 Å². The van der Waals surface area contributed by atoms with Crippen molar-refractivity contribution in [2.45, 2.75) is 32.9 Å². The van der Waals surface area contributed by atoms with Crippen molar-refractivity contribution in [1.82, 2.24) is 10.2 Å². The molecule has 16 heavy (non-hydrogen) atoms. The summed E-state index contributed by atoms with van der Waals surface area (Å²) in [6.45, 7) is 5.33. The summed E-state index contributed by atoms with van der Waals surface area (Å²) in [6.07, 6.45) is 5.02. The Morgan fingerprint density at radius 1 is 1.44 bits per heavy atom. The molecule has 0 aromatic carbocycles. The molecule has 0 aliphatic carbocycles. The van der Waals surface area contributed by atoms with Gasteiger partial charge in [0.2, 0.25) is 5.91 Å². The monoisotopic (exact) mass is 226 g/mol. The van der Waals surface area contributed by atoms with Crippen LogP contribution in [0.25, 0.3) is 0 Å². The predicted octanol–water partition coefficient (Wildman–Crippen LogP) is -0.0807. The number of hydrogen-bond donors (Lipinski definition) is 2. The number of amides is 1. The lowest BCUT2D eigenvalue weighted by molar-refractivity contribution is -0.140. The fourth-order valence-electron chi connectivity index (χ4n) is 1.36. The van der Waals surface area contributed by atoms with Gasteiger partial charge in [0.1, 0.15) is 0 Å². The van der Waals surface area contributed by atoms with Crippen LogP contribution in [-0.2, 0) is 9.59 Å². The second-order valence-corrected chi connectivity index (χ2v) is 3.76. The van der Waals surface area contributed by atoms with Gasteiger partial charge in [0.15, 0.2) is 0 Å². The van der Waals surface area contributed by atoms with E-state index in [2.05, 4.69) is 11.2 Å². The van der Waals surface area contributed by atoms with Gasteiger partial charge >= 0.3 is 5.97 Å². The van der Waals surface area contributed by atoms with Gasteiger partial charge < -0.3 is 10.4 Å². The Morgan fingerprint density at radius 3 is 2.38 bits per heavy atom. The van der Waals surface area contributed by atoms with Crippen molar-refractivity contribution in [3.8, 4) is 12.3 Å². The average Bonchev–Trinajstić information content (AvgIpc) is 2.20. The minimum absolute atomic E-state index is 0.0253. The Kier molecular flexibility index (Phi) is 6.19. The molecule has 90 valence electrons. The Morgan fingerprint density at radius 2 is 2.00 bits per heavy atom. The zero-order chi connectivity index (χ0) is 12.7. The van der Waals surface area contributed by atoms with Crippen LogP contribution in [0.4, 0.5) is 0 Å². The molecule has 5 heteroatoms. The normalized spacial score (nSPS) is 12.2. The molecule has 0 bridgehead atoms. The summed E-state index contributed by atoms with van der Waals surface area (Å²) >= 11 is 0. The highest BCUT2D eigenvalue weighted by atomic mass is 16.4. The van der Waals surface area contributed by atoms with Crippen molar-refractivity contribution in [2.24, 2.45) is 0 Å². The van der Waals surface area contributed by atoms with E-state index in [0.29, 0.717) is 0 Å². The van der Waals surface area contributed by atoms with Crippen LogP contribution in [0.1, 0.15) is 20.8 Å². The first-order valence-electron chi connectivity index (χ1n) is 5.08. The third kappa shape index (κ3) is 4.80. The maximum atomic E-state index is 11.6. The zero-order valence-corrected chi connectivity index (χ0v) is 9.86. The molecule has 2 N–H and O–H groups in total. The molecule has 5 nitrogen and oxygen atoms in total. The van der Waals surface area contributed by atoms with Crippen molar-refractivity contribution < 1.29 is 14.7 Å². The van der Waals surface area contributed by atoms with Gasteiger partial charge in [-0.15, -0.1) is 6.42 Å². The first kappa shape index (κ1) is 14.5. The van der Waals surface area contributed by atoms with Gasteiger partial charge in [-0.1, -0.05) is 5.92 Å². The Balaban J connectivity index is 4.49. The number of carbonyl (C=O) groups excluding carboxylic acids is 1. The van der Waals surface area contributed by atoms with Crippen LogP contribution in [0, 0.1) is 12.3 Å². The number of carboxylic acids is 1. The fourth-order valence-corrected chi connectivity index (χ4v) is 1.36. The van der Waals surface area contributed by atoms with Crippen molar-refractivity contribution >= 4 is 11.9 Å². The SMILES string of the molecule is C#CCNC(=O)C(C)N(CC(=O)O)C(C)C. The molecule has 0 fully saturated rings. The van der Waals surface area contributed by atoms with E-state index in [9.17, 15) is 9.59 Å². The number of carboxylic acid groups (broad SMARTS) is 1. The summed E-state index contributed by atoms with van der Waals surface area (Å²) in [5, 5.41) is 11.3. The van der Waals surface area contributed by atoms with Crippen LogP contribution in [0.3, 0.4) is 0 Å². The summed E-state index contributed by atoms with van der Waals surface area (Å²) in [5.74, 6) is 1.09. The highest BCUT2D eigenvalue weighted by Crippen LogP contribution is 2.05. The van der Waals surface area contributed by atoms with E-state index in [4.69, 9.17) is 11.5 Å². The number of aliphatic carboxylic acids is 1. The second-order valence-electron chi connectivity index (χ2n) is 3.76. The molecule has 0 saturated heterocycles. The van der Waals surface area contributed by atoms with E-state index >= 15 is 0 Å².